The molecular formula is C22H28N6O. The van der Waals surface area contributed by atoms with Crippen molar-refractivity contribution in [1.29, 1.82) is 0 Å². The van der Waals surface area contributed by atoms with Crippen molar-refractivity contribution < 1.29 is 4.74 Å². The van der Waals surface area contributed by atoms with Crippen LogP contribution < -0.4 is 5.32 Å². The number of imidazole rings is 1. The van der Waals surface area contributed by atoms with Crippen LogP contribution in [0, 0.1) is 6.92 Å². The van der Waals surface area contributed by atoms with E-state index in [9.17, 15) is 0 Å². The Morgan fingerprint density at radius 2 is 1.90 bits per heavy atom. The molecule has 3 heterocycles. The molecule has 152 valence electrons. The molecule has 3 aromatic rings. The summed E-state index contributed by atoms with van der Waals surface area (Å²) >= 11 is 0. The number of hydrogen-bond donors (Lipinski definition) is 2. The molecule has 1 saturated carbocycles. The van der Waals surface area contributed by atoms with Gasteiger partial charge in [-0.3, -0.25) is 4.90 Å². The van der Waals surface area contributed by atoms with Crippen LogP contribution in [0.15, 0.2) is 30.9 Å². The zero-order valence-electron chi connectivity index (χ0n) is 16.9. The number of morpholine rings is 1. The zero-order chi connectivity index (χ0) is 19.6. The van der Waals surface area contributed by atoms with E-state index >= 15 is 0 Å². The van der Waals surface area contributed by atoms with Gasteiger partial charge in [-0.05, 0) is 44.7 Å². The van der Waals surface area contributed by atoms with Gasteiger partial charge in [0, 0.05) is 36.1 Å². The Labute approximate surface area is 170 Å². The Kier molecular flexibility index (Phi) is 5.16. The molecule has 29 heavy (non-hydrogen) atoms. The molecule has 7 nitrogen and oxygen atoms in total. The fourth-order valence-electron chi connectivity index (χ4n) is 4.70. The van der Waals surface area contributed by atoms with Crippen molar-refractivity contribution in [2.75, 3.05) is 31.6 Å². The van der Waals surface area contributed by atoms with Crippen molar-refractivity contribution >= 4 is 16.7 Å². The molecule has 0 bridgehead atoms. The van der Waals surface area contributed by atoms with E-state index in [1.54, 1.807) is 12.7 Å². The summed E-state index contributed by atoms with van der Waals surface area (Å²) in [6.07, 6.45) is 8.21. The number of fused-ring (bicyclic) bond motifs is 1. The van der Waals surface area contributed by atoms with Gasteiger partial charge in [-0.2, -0.15) is 0 Å². The molecule has 0 spiro atoms. The van der Waals surface area contributed by atoms with E-state index < -0.39 is 0 Å². The Balaban J connectivity index is 1.32. The van der Waals surface area contributed by atoms with Crippen molar-refractivity contribution in [3.05, 3.63) is 36.5 Å². The van der Waals surface area contributed by atoms with E-state index in [1.165, 1.54) is 25.7 Å². The van der Waals surface area contributed by atoms with Gasteiger partial charge in [-0.25, -0.2) is 15.0 Å². The minimum atomic E-state index is 0.461. The number of ether oxygens (including phenoxy) is 1. The molecule has 1 aliphatic carbocycles. The van der Waals surface area contributed by atoms with Crippen molar-refractivity contribution in [2.24, 2.45) is 0 Å². The molecule has 2 aromatic heterocycles. The predicted octanol–water partition coefficient (Wildman–Crippen LogP) is 3.38. The number of anilines is 1. The number of nitrogens with zero attached hydrogens (tertiary/aromatic N) is 4. The third-order valence-electron chi connectivity index (χ3n) is 6.35. The number of aromatic amines is 1. The van der Waals surface area contributed by atoms with Crippen LogP contribution in [-0.4, -0.2) is 63.2 Å². The monoisotopic (exact) mass is 392 g/mol. The number of aromatic nitrogens is 4. The van der Waals surface area contributed by atoms with Gasteiger partial charge in [0.25, 0.3) is 0 Å². The first-order valence-corrected chi connectivity index (χ1v) is 10.6. The highest BCUT2D eigenvalue weighted by molar-refractivity contribution is 5.92. The van der Waals surface area contributed by atoms with Crippen molar-refractivity contribution in [3.63, 3.8) is 0 Å². The highest BCUT2D eigenvalue weighted by Gasteiger charge is 2.27. The van der Waals surface area contributed by atoms with E-state index in [1.807, 2.05) is 6.92 Å². The largest absolute Gasteiger partial charge is 0.379 e. The van der Waals surface area contributed by atoms with Crippen LogP contribution in [0.25, 0.3) is 22.2 Å². The van der Waals surface area contributed by atoms with Crippen LogP contribution in [-0.2, 0) is 4.74 Å². The van der Waals surface area contributed by atoms with Crippen LogP contribution in [0.3, 0.4) is 0 Å². The normalized spacial score (nSPS) is 23.3. The van der Waals surface area contributed by atoms with E-state index in [-0.39, 0.29) is 0 Å². The average Bonchev–Trinajstić information content (AvgIpc) is 3.21. The molecule has 1 aliphatic heterocycles. The van der Waals surface area contributed by atoms with Crippen LogP contribution in [0.4, 0.5) is 5.82 Å². The van der Waals surface area contributed by atoms with Gasteiger partial charge in [-0.15, -0.1) is 0 Å². The second-order valence-electron chi connectivity index (χ2n) is 8.12. The van der Waals surface area contributed by atoms with Crippen LogP contribution in [0.1, 0.15) is 31.4 Å². The Hall–Kier alpha value is -2.51. The summed E-state index contributed by atoms with van der Waals surface area (Å²) in [6.45, 7) is 5.93. The summed E-state index contributed by atoms with van der Waals surface area (Å²) in [6, 6.07) is 7.48. The summed E-state index contributed by atoms with van der Waals surface area (Å²) in [5.41, 5.74) is 4.12. The minimum Gasteiger partial charge on any atom is -0.379 e. The summed E-state index contributed by atoms with van der Waals surface area (Å²) in [4.78, 5) is 19.2. The molecular weight excluding hydrogens is 364 g/mol. The summed E-state index contributed by atoms with van der Waals surface area (Å²) in [7, 11) is 0. The first-order chi connectivity index (χ1) is 14.3. The second kappa shape index (κ2) is 8.08. The standard InChI is InChI=1S/C22H28N6O/c1-15-21(25-13-23-15)16-2-7-20-19(12-16)22(26-14-24-20)27-17-3-5-18(6-4-17)28-8-10-29-11-9-28/h2,7,12-14,17-18H,3-6,8-11H2,1H3,(H,23,25)(H,24,26,27)/t17-,18-. The lowest BCUT2D eigenvalue weighted by Crippen LogP contribution is -2.46. The number of rotatable bonds is 4. The van der Waals surface area contributed by atoms with Crippen LogP contribution >= 0.6 is 0 Å². The molecule has 5 rings (SSSR count). The quantitative estimate of drug-likeness (QED) is 0.709. The summed E-state index contributed by atoms with van der Waals surface area (Å²) in [5, 5.41) is 4.78. The maximum Gasteiger partial charge on any atom is 0.137 e. The van der Waals surface area contributed by atoms with E-state index in [0.717, 1.165) is 60.0 Å². The third kappa shape index (κ3) is 3.84. The first-order valence-electron chi connectivity index (χ1n) is 10.6. The summed E-state index contributed by atoms with van der Waals surface area (Å²) in [5.74, 6) is 0.934. The fraction of sp³-hybridized carbons (Fsp3) is 0.500. The number of hydrogen-bond acceptors (Lipinski definition) is 6. The van der Waals surface area contributed by atoms with Crippen LogP contribution in [0.2, 0.25) is 0 Å². The van der Waals surface area contributed by atoms with Crippen molar-refractivity contribution in [1.82, 2.24) is 24.8 Å². The lowest BCUT2D eigenvalue weighted by Gasteiger charge is -2.39. The molecule has 2 fully saturated rings. The molecule has 0 radical (unpaired) electrons. The summed E-state index contributed by atoms with van der Waals surface area (Å²) < 4.78 is 5.50. The van der Waals surface area contributed by atoms with Crippen molar-refractivity contribution in [2.45, 2.75) is 44.7 Å². The van der Waals surface area contributed by atoms with Gasteiger partial charge in [0.1, 0.15) is 12.1 Å². The second-order valence-corrected chi connectivity index (χ2v) is 8.12. The van der Waals surface area contributed by atoms with Gasteiger partial charge < -0.3 is 15.0 Å². The molecule has 2 N–H and O–H groups in total. The highest BCUT2D eigenvalue weighted by atomic mass is 16.5. The maximum atomic E-state index is 5.50. The van der Waals surface area contributed by atoms with Gasteiger partial charge in [0.05, 0.1) is 36.4 Å². The topological polar surface area (TPSA) is 79.0 Å². The number of H-pyrrole nitrogens is 1. The van der Waals surface area contributed by atoms with Crippen LogP contribution in [0.5, 0.6) is 0 Å². The minimum absolute atomic E-state index is 0.461. The Morgan fingerprint density at radius 3 is 2.66 bits per heavy atom. The lowest BCUT2D eigenvalue weighted by atomic mass is 9.90. The van der Waals surface area contributed by atoms with Gasteiger partial charge in [0.2, 0.25) is 0 Å². The smallest absolute Gasteiger partial charge is 0.137 e. The fourth-order valence-corrected chi connectivity index (χ4v) is 4.70. The molecule has 0 amide bonds. The maximum absolute atomic E-state index is 5.50. The van der Waals surface area contributed by atoms with Gasteiger partial charge in [0.15, 0.2) is 0 Å². The predicted molar refractivity (Wildman–Crippen MR) is 114 cm³/mol. The molecule has 1 aromatic carbocycles. The lowest BCUT2D eigenvalue weighted by molar-refractivity contribution is 0.00791. The number of benzene rings is 1. The van der Waals surface area contributed by atoms with Crippen molar-refractivity contribution in [3.8, 4) is 11.3 Å². The van der Waals surface area contributed by atoms with E-state index in [2.05, 4.69) is 48.4 Å². The molecule has 1 saturated heterocycles. The van der Waals surface area contributed by atoms with E-state index in [0.29, 0.717) is 12.1 Å². The molecule has 2 aliphatic rings. The number of nitrogens with one attached hydrogen (secondary N) is 2. The molecule has 0 atom stereocenters. The first kappa shape index (κ1) is 18.5. The third-order valence-corrected chi connectivity index (χ3v) is 6.35. The average molecular weight is 393 g/mol. The molecule has 7 heteroatoms. The number of aryl methyl sites for hydroxylation is 1. The Morgan fingerprint density at radius 1 is 1.07 bits per heavy atom. The SMILES string of the molecule is Cc1nc[nH]c1-c1ccc2ncnc(N[C@H]3CC[C@H](N4CCOCC4)CC3)c2c1. The van der Waals surface area contributed by atoms with E-state index in [4.69, 9.17) is 4.74 Å². The molecule has 0 unspecified atom stereocenters. The van der Waals surface area contributed by atoms with Gasteiger partial charge in [-0.1, -0.05) is 6.07 Å². The highest BCUT2D eigenvalue weighted by Crippen LogP contribution is 2.30. The zero-order valence-corrected chi connectivity index (χ0v) is 16.9. The van der Waals surface area contributed by atoms with Gasteiger partial charge >= 0.3 is 0 Å². The Bertz CT molecular complexity index is 972.